The van der Waals surface area contributed by atoms with Gasteiger partial charge in [0.15, 0.2) is 11.5 Å². The molecule has 0 spiro atoms. The molecule has 1 N–H and O–H groups in total. The summed E-state index contributed by atoms with van der Waals surface area (Å²) in [7, 11) is 4.28. The van der Waals surface area contributed by atoms with Crippen molar-refractivity contribution in [2.75, 3.05) is 34.0 Å². The number of phenolic OH excluding ortho intramolecular Hbond substituents is 1. The second kappa shape index (κ2) is 5.50. The lowest BCUT2D eigenvalue weighted by Crippen LogP contribution is -2.36. The first-order valence-electron chi connectivity index (χ1n) is 7.14. The number of fused-ring (bicyclic) bond motifs is 1. The molecule has 1 saturated heterocycles. The van der Waals surface area contributed by atoms with Gasteiger partial charge >= 0.3 is 0 Å². The summed E-state index contributed by atoms with van der Waals surface area (Å²) < 4.78 is 10.6. The Morgan fingerprint density at radius 3 is 2.80 bits per heavy atom. The standard InChI is InChI=1S/C15H22N2O3/c1-16(9-12-4-3-5-17(12)2)8-11-6-14-15(7-13(11)18)20-10-19-14/h6-7,12,18H,3-5,8-10H2,1-2H3. The highest BCUT2D eigenvalue weighted by molar-refractivity contribution is 5.51. The van der Waals surface area contributed by atoms with E-state index in [9.17, 15) is 5.11 Å². The first-order chi connectivity index (χ1) is 9.63. The van der Waals surface area contributed by atoms with Gasteiger partial charge in [0.2, 0.25) is 6.79 Å². The molecule has 2 heterocycles. The van der Waals surface area contributed by atoms with E-state index in [1.165, 1.54) is 19.4 Å². The molecule has 0 saturated carbocycles. The van der Waals surface area contributed by atoms with Crippen molar-refractivity contribution in [2.24, 2.45) is 0 Å². The van der Waals surface area contributed by atoms with Crippen LogP contribution in [0.2, 0.25) is 0 Å². The monoisotopic (exact) mass is 278 g/mol. The van der Waals surface area contributed by atoms with Crippen molar-refractivity contribution in [3.05, 3.63) is 17.7 Å². The lowest BCUT2D eigenvalue weighted by molar-refractivity contribution is 0.173. The molecule has 1 atom stereocenters. The van der Waals surface area contributed by atoms with Gasteiger partial charge in [-0.25, -0.2) is 0 Å². The summed E-state index contributed by atoms with van der Waals surface area (Å²) in [6.07, 6.45) is 2.54. The molecule has 110 valence electrons. The van der Waals surface area contributed by atoms with E-state index in [0.717, 1.165) is 17.9 Å². The van der Waals surface area contributed by atoms with Gasteiger partial charge in [0.1, 0.15) is 5.75 Å². The van der Waals surface area contributed by atoms with Gasteiger partial charge in [0, 0.05) is 30.8 Å². The van der Waals surface area contributed by atoms with Crippen LogP contribution in [0.4, 0.5) is 0 Å². The summed E-state index contributed by atoms with van der Waals surface area (Å²) >= 11 is 0. The largest absolute Gasteiger partial charge is 0.507 e. The van der Waals surface area contributed by atoms with Crippen LogP contribution in [-0.4, -0.2) is 54.9 Å². The number of likely N-dealkylation sites (N-methyl/N-ethyl adjacent to an activating group) is 2. The predicted octanol–water partition coefficient (Wildman–Crippen LogP) is 1.65. The Morgan fingerprint density at radius 2 is 2.10 bits per heavy atom. The van der Waals surface area contributed by atoms with E-state index >= 15 is 0 Å². The van der Waals surface area contributed by atoms with Crippen molar-refractivity contribution in [1.82, 2.24) is 9.80 Å². The molecule has 0 aliphatic carbocycles. The SMILES string of the molecule is CN(Cc1cc2c(cc1O)OCO2)CC1CCCN1C. The summed E-state index contributed by atoms with van der Waals surface area (Å²) in [5.41, 5.74) is 0.886. The van der Waals surface area contributed by atoms with Crippen molar-refractivity contribution in [3.63, 3.8) is 0 Å². The van der Waals surface area contributed by atoms with E-state index in [1.54, 1.807) is 6.07 Å². The van der Waals surface area contributed by atoms with Gasteiger partial charge < -0.3 is 24.4 Å². The lowest BCUT2D eigenvalue weighted by Gasteiger charge is -2.26. The second-order valence-corrected chi connectivity index (χ2v) is 5.81. The number of benzene rings is 1. The molecule has 0 aromatic heterocycles. The van der Waals surface area contributed by atoms with Crippen LogP contribution in [-0.2, 0) is 6.54 Å². The maximum absolute atomic E-state index is 10.1. The number of likely N-dealkylation sites (tertiary alicyclic amines) is 1. The molecule has 1 unspecified atom stereocenters. The Labute approximate surface area is 119 Å². The van der Waals surface area contributed by atoms with Crippen LogP contribution in [0.5, 0.6) is 17.2 Å². The highest BCUT2D eigenvalue weighted by Gasteiger charge is 2.23. The zero-order chi connectivity index (χ0) is 14.1. The quantitative estimate of drug-likeness (QED) is 0.907. The Hall–Kier alpha value is -1.46. The predicted molar refractivity (Wildman–Crippen MR) is 76.2 cm³/mol. The summed E-state index contributed by atoms with van der Waals surface area (Å²) in [5, 5.41) is 10.1. The van der Waals surface area contributed by atoms with Gasteiger partial charge in [-0.1, -0.05) is 0 Å². The fraction of sp³-hybridized carbons (Fsp3) is 0.600. The van der Waals surface area contributed by atoms with Gasteiger partial charge in [-0.2, -0.15) is 0 Å². The minimum absolute atomic E-state index is 0.237. The van der Waals surface area contributed by atoms with E-state index in [4.69, 9.17) is 9.47 Å². The third-order valence-electron chi connectivity index (χ3n) is 4.21. The molecule has 5 heteroatoms. The number of hydrogen-bond donors (Lipinski definition) is 1. The van der Waals surface area contributed by atoms with E-state index in [0.29, 0.717) is 18.3 Å². The molecule has 1 aromatic rings. The van der Waals surface area contributed by atoms with Crippen LogP contribution < -0.4 is 9.47 Å². The van der Waals surface area contributed by atoms with E-state index in [1.807, 2.05) is 6.07 Å². The van der Waals surface area contributed by atoms with Gasteiger partial charge in [-0.3, -0.25) is 0 Å². The molecule has 1 aromatic carbocycles. The zero-order valence-corrected chi connectivity index (χ0v) is 12.1. The average Bonchev–Trinajstić information content (AvgIpc) is 2.99. The molecule has 0 radical (unpaired) electrons. The van der Waals surface area contributed by atoms with Crippen molar-refractivity contribution >= 4 is 0 Å². The van der Waals surface area contributed by atoms with Crippen LogP contribution in [0.15, 0.2) is 12.1 Å². The first kappa shape index (κ1) is 13.5. The summed E-state index contributed by atoms with van der Waals surface area (Å²) in [6.45, 7) is 3.16. The number of hydrogen-bond acceptors (Lipinski definition) is 5. The molecule has 3 rings (SSSR count). The third kappa shape index (κ3) is 2.69. The van der Waals surface area contributed by atoms with Crippen LogP contribution >= 0.6 is 0 Å². The zero-order valence-electron chi connectivity index (χ0n) is 12.1. The lowest BCUT2D eigenvalue weighted by atomic mass is 10.1. The van der Waals surface area contributed by atoms with E-state index in [-0.39, 0.29) is 12.5 Å². The van der Waals surface area contributed by atoms with Gasteiger partial charge in [-0.05, 0) is 39.5 Å². The number of phenols is 1. The van der Waals surface area contributed by atoms with E-state index in [2.05, 4.69) is 23.9 Å². The smallest absolute Gasteiger partial charge is 0.231 e. The van der Waals surface area contributed by atoms with Crippen LogP contribution in [0.25, 0.3) is 0 Å². The first-order valence-corrected chi connectivity index (χ1v) is 7.14. The number of aromatic hydroxyl groups is 1. The van der Waals surface area contributed by atoms with Gasteiger partial charge in [-0.15, -0.1) is 0 Å². The molecular weight excluding hydrogens is 256 g/mol. The van der Waals surface area contributed by atoms with Crippen LogP contribution in [0.1, 0.15) is 18.4 Å². The molecule has 0 bridgehead atoms. The van der Waals surface area contributed by atoms with Crippen molar-refractivity contribution in [3.8, 4) is 17.2 Å². The Balaban J connectivity index is 1.65. The van der Waals surface area contributed by atoms with Crippen LogP contribution in [0, 0.1) is 0 Å². The number of nitrogens with zero attached hydrogens (tertiary/aromatic N) is 2. The minimum atomic E-state index is 0.237. The van der Waals surface area contributed by atoms with Gasteiger partial charge in [0.05, 0.1) is 0 Å². The van der Waals surface area contributed by atoms with Crippen LogP contribution in [0.3, 0.4) is 0 Å². The van der Waals surface area contributed by atoms with Crippen molar-refractivity contribution in [1.29, 1.82) is 0 Å². The summed E-state index contributed by atoms with van der Waals surface area (Å²) in [5.74, 6) is 1.63. The molecular formula is C15H22N2O3. The Kier molecular flexibility index (Phi) is 3.72. The van der Waals surface area contributed by atoms with Gasteiger partial charge in [0.25, 0.3) is 0 Å². The van der Waals surface area contributed by atoms with Crippen molar-refractivity contribution in [2.45, 2.75) is 25.4 Å². The molecule has 2 aliphatic rings. The topological polar surface area (TPSA) is 45.2 Å². The normalized spacial score (nSPS) is 21.9. The highest BCUT2D eigenvalue weighted by atomic mass is 16.7. The molecule has 1 fully saturated rings. The summed E-state index contributed by atoms with van der Waals surface area (Å²) in [4.78, 5) is 4.67. The number of ether oxygens (including phenoxy) is 2. The molecule has 2 aliphatic heterocycles. The third-order valence-corrected chi connectivity index (χ3v) is 4.21. The second-order valence-electron chi connectivity index (χ2n) is 5.81. The fourth-order valence-electron chi connectivity index (χ4n) is 3.03. The number of rotatable bonds is 4. The maximum Gasteiger partial charge on any atom is 0.231 e. The summed E-state index contributed by atoms with van der Waals surface area (Å²) in [6, 6.07) is 4.15. The Morgan fingerprint density at radius 1 is 1.35 bits per heavy atom. The minimum Gasteiger partial charge on any atom is -0.507 e. The van der Waals surface area contributed by atoms with Crippen molar-refractivity contribution < 1.29 is 14.6 Å². The molecule has 20 heavy (non-hydrogen) atoms. The fourth-order valence-corrected chi connectivity index (χ4v) is 3.03. The molecule has 0 amide bonds. The Bertz CT molecular complexity index is 492. The van der Waals surface area contributed by atoms with E-state index < -0.39 is 0 Å². The maximum atomic E-state index is 10.1. The highest BCUT2D eigenvalue weighted by Crippen LogP contribution is 2.38. The molecule has 5 nitrogen and oxygen atoms in total. The average molecular weight is 278 g/mol.